The van der Waals surface area contributed by atoms with Crippen LogP contribution in [0.2, 0.25) is 0 Å². The summed E-state index contributed by atoms with van der Waals surface area (Å²) in [6, 6.07) is 8.08. The van der Waals surface area contributed by atoms with Crippen LogP contribution in [0.25, 0.3) is 0 Å². The van der Waals surface area contributed by atoms with Gasteiger partial charge in [-0.2, -0.15) is 0 Å². The normalized spacial score (nSPS) is 10.2. The van der Waals surface area contributed by atoms with Crippen LogP contribution >= 0.6 is 0 Å². The molecule has 62 valence electrons. The van der Waals surface area contributed by atoms with Crippen molar-refractivity contribution in [1.82, 2.24) is 10.6 Å². The predicted octanol–water partition coefficient (Wildman–Crippen LogP) is 1.20. The summed E-state index contributed by atoms with van der Waals surface area (Å²) in [5, 5.41) is 5.19. The zero-order chi connectivity index (χ0) is 8.81. The van der Waals surface area contributed by atoms with Gasteiger partial charge in [-0.25, -0.2) is 0 Å². The Labute approximate surface area is 74.0 Å². The fourth-order valence-electron chi connectivity index (χ4n) is 1.01. The molecule has 1 rings (SSSR count). The molecule has 0 aromatic heterocycles. The predicted molar refractivity (Wildman–Crippen MR) is 48.7 cm³/mol. The molecule has 12 heavy (non-hydrogen) atoms. The Bertz CT molecular complexity index is 191. The first-order valence-electron chi connectivity index (χ1n) is 3.81. The van der Waals surface area contributed by atoms with Crippen LogP contribution in [0.3, 0.4) is 0 Å². The molecular formula is C10H12N2. The van der Waals surface area contributed by atoms with E-state index < -0.39 is 0 Å². The minimum atomic E-state index is 0.691. The highest BCUT2D eigenvalue weighted by atomic mass is 14.8. The molecule has 2 N–H and O–H groups in total. The smallest absolute Gasteiger partial charge is 0.0410 e. The van der Waals surface area contributed by atoms with Crippen LogP contribution in [-0.2, 0) is 13.1 Å². The van der Waals surface area contributed by atoms with Crippen molar-refractivity contribution in [2.24, 2.45) is 0 Å². The summed E-state index contributed by atoms with van der Waals surface area (Å²) in [5.41, 5.74) is 2.33. The molecule has 0 aliphatic carbocycles. The third-order valence-corrected chi connectivity index (χ3v) is 1.64. The molecule has 0 saturated heterocycles. The van der Waals surface area contributed by atoms with E-state index in [0.29, 0.717) is 13.1 Å². The first kappa shape index (κ1) is 9.23. The second-order valence-electron chi connectivity index (χ2n) is 2.58. The van der Waals surface area contributed by atoms with Crippen molar-refractivity contribution >= 4 is 0 Å². The van der Waals surface area contributed by atoms with Crippen molar-refractivity contribution in [1.29, 1.82) is 0 Å². The molecule has 0 aliphatic heterocycles. The van der Waals surface area contributed by atoms with E-state index in [1.54, 1.807) is 0 Å². The second kappa shape index (κ2) is 4.91. The largest absolute Gasteiger partial charge is 0.307 e. The maximum atomic E-state index is 5.17. The first-order chi connectivity index (χ1) is 5.86. The van der Waals surface area contributed by atoms with E-state index >= 15 is 0 Å². The van der Waals surface area contributed by atoms with Gasteiger partial charge in [0.1, 0.15) is 0 Å². The number of hydrogen-bond acceptors (Lipinski definition) is 2. The van der Waals surface area contributed by atoms with Gasteiger partial charge in [-0.05, 0) is 11.1 Å². The molecule has 0 spiro atoms. The van der Waals surface area contributed by atoms with Crippen LogP contribution in [0, 0.1) is 14.1 Å². The number of hydrogen-bond donors (Lipinski definition) is 2. The minimum absolute atomic E-state index is 0.691. The Hall–Kier alpha value is -0.860. The first-order valence-corrected chi connectivity index (χ1v) is 3.81. The van der Waals surface area contributed by atoms with Crippen molar-refractivity contribution in [3.05, 3.63) is 49.5 Å². The van der Waals surface area contributed by atoms with E-state index in [-0.39, 0.29) is 0 Å². The monoisotopic (exact) mass is 160 g/mol. The van der Waals surface area contributed by atoms with Gasteiger partial charge in [0.05, 0.1) is 0 Å². The zero-order valence-corrected chi connectivity index (χ0v) is 6.88. The van der Waals surface area contributed by atoms with Gasteiger partial charge in [0.15, 0.2) is 0 Å². The summed E-state index contributed by atoms with van der Waals surface area (Å²) < 4.78 is 0. The molecule has 0 bridgehead atoms. The van der Waals surface area contributed by atoms with Gasteiger partial charge in [0.25, 0.3) is 0 Å². The standard InChI is InChI=1S/C10H12N2/c1-11-7-9-3-5-10(6-4-9)8-12-2/h1-6,11-12H,7-8H2. The second-order valence-corrected chi connectivity index (χ2v) is 2.58. The molecule has 0 fully saturated rings. The Morgan fingerprint density at radius 3 is 1.42 bits per heavy atom. The van der Waals surface area contributed by atoms with Gasteiger partial charge in [0, 0.05) is 27.2 Å². The molecule has 1 aromatic carbocycles. The van der Waals surface area contributed by atoms with Crippen molar-refractivity contribution in [2.45, 2.75) is 13.1 Å². The zero-order valence-electron chi connectivity index (χ0n) is 6.88. The lowest BCUT2D eigenvalue weighted by Gasteiger charge is -2.02. The summed E-state index contributed by atoms with van der Waals surface area (Å²) >= 11 is 0. The lowest BCUT2D eigenvalue weighted by molar-refractivity contribution is 0.850. The maximum absolute atomic E-state index is 5.17. The van der Waals surface area contributed by atoms with Crippen molar-refractivity contribution in [3.63, 3.8) is 0 Å². The van der Waals surface area contributed by atoms with Crippen LogP contribution in [-0.4, -0.2) is 0 Å². The van der Waals surface area contributed by atoms with Crippen molar-refractivity contribution < 1.29 is 0 Å². The Morgan fingerprint density at radius 1 is 0.833 bits per heavy atom. The van der Waals surface area contributed by atoms with Crippen LogP contribution in [0.5, 0.6) is 0 Å². The molecule has 0 aliphatic rings. The van der Waals surface area contributed by atoms with E-state index in [0.717, 1.165) is 0 Å². The highest BCUT2D eigenvalue weighted by molar-refractivity contribution is 5.22. The highest BCUT2D eigenvalue weighted by Crippen LogP contribution is 2.03. The number of rotatable bonds is 4. The third kappa shape index (κ3) is 2.64. The quantitative estimate of drug-likeness (QED) is 0.647. The highest BCUT2D eigenvalue weighted by Gasteiger charge is 1.91. The molecule has 1 aromatic rings. The minimum Gasteiger partial charge on any atom is -0.307 e. The number of nitrogens with one attached hydrogen (secondary N) is 2. The fraction of sp³-hybridized carbons (Fsp3) is 0.200. The molecule has 0 atom stereocenters. The lowest BCUT2D eigenvalue weighted by Crippen LogP contribution is -2.04. The van der Waals surface area contributed by atoms with Crippen LogP contribution < -0.4 is 10.6 Å². The van der Waals surface area contributed by atoms with Gasteiger partial charge < -0.3 is 10.6 Å². The van der Waals surface area contributed by atoms with E-state index in [4.69, 9.17) is 14.1 Å². The topological polar surface area (TPSA) is 24.1 Å². The van der Waals surface area contributed by atoms with E-state index in [1.165, 1.54) is 11.1 Å². The van der Waals surface area contributed by atoms with E-state index in [9.17, 15) is 0 Å². The maximum Gasteiger partial charge on any atom is 0.0410 e. The van der Waals surface area contributed by atoms with Gasteiger partial charge in [-0.15, -0.1) is 0 Å². The van der Waals surface area contributed by atoms with Crippen LogP contribution in [0.15, 0.2) is 24.3 Å². The molecule has 0 unspecified atom stereocenters. The Balaban J connectivity index is 2.58. The summed E-state index contributed by atoms with van der Waals surface area (Å²) in [7, 11) is 10.3. The third-order valence-electron chi connectivity index (χ3n) is 1.64. The summed E-state index contributed by atoms with van der Waals surface area (Å²) in [4.78, 5) is 0. The van der Waals surface area contributed by atoms with Crippen molar-refractivity contribution in [3.8, 4) is 0 Å². The lowest BCUT2D eigenvalue weighted by atomic mass is 10.1. The van der Waals surface area contributed by atoms with E-state index in [1.807, 2.05) is 24.3 Å². The molecule has 0 amide bonds. The van der Waals surface area contributed by atoms with Gasteiger partial charge in [-0.1, -0.05) is 24.3 Å². The summed E-state index contributed by atoms with van der Waals surface area (Å²) in [5.74, 6) is 0. The van der Waals surface area contributed by atoms with Crippen molar-refractivity contribution in [2.75, 3.05) is 0 Å². The van der Waals surface area contributed by atoms with Gasteiger partial charge >= 0.3 is 0 Å². The average molecular weight is 160 g/mol. The summed E-state index contributed by atoms with van der Waals surface area (Å²) in [6.45, 7) is 1.38. The van der Waals surface area contributed by atoms with E-state index in [2.05, 4.69) is 10.6 Å². The summed E-state index contributed by atoms with van der Waals surface area (Å²) in [6.07, 6.45) is 0. The molecule has 0 saturated carbocycles. The molecular weight excluding hydrogens is 148 g/mol. The number of benzene rings is 1. The SMILES string of the molecule is [CH]NCc1ccc(CN[CH])cc1. The molecule has 2 heteroatoms. The fourth-order valence-corrected chi connectivity index (χ4v) is 1.01. The van der Waals surface area contributed by atoms with Crippen LogP contribution in [0.4, 0.5) is 0 Å². The molecule has 0 heterocycles. The van der Waals surface area contributed by atoms with Crippen LogP contribution in [0.1, 0.15) is 11.1 Å². The average Bonchev–Trinajstić information content (AvgIpc) is 2.09. The Morgan fingerprint density at radius 2 is 1.17 bits per heavy atom. The Kier molecular flexibility index (Phi) is 3.77. The van der Waals surface area contributed by atoms with Gasteiger partial charge in [-0.3, -0.25) is 0 Å². The van der Waals surface area contributed by atoms with Gasteiger partial charge in [0.2, 0.25) is 0 Å². The molecule has 4 radical (unpaired) electrons. The molecule has 2 nitrogen and oxygen atoms in total.